The van der Waals surface area contributed by atoms with E-state index in [2.05, 4.69) is 18.7 Å². The molecule has 0 radical (unpaired) electrons. The van der Waals surface area contributed by atoms with Crippen LogP contribution in [-0.4, -0.2) is 49.5 Å². The van der Waals surface area contributed by atoms with Crippen molar-refractivity contribution in [3.8, 4) is 0 Å². The Kier molecular flexibility index (Phi) is 3.54. The third-order valence-corrected chi connectivity index (χ3v) is 6.23. The first-order valence-corrected chi connectivity index (χ1v) is 8.40. The van der Waals surface area contributed by atoms with E-state index in [-0.39, 0.29) is 11.3 Å². The highest BCUT2D eigenvalue weighted by Gasteiger charge is 2.49. The van der Waals surface area contributed by atoms with Crippen molar-refractivity contribution in [2.24, 2.45) is 11.7 Å². The van der Waals surface area contributed by atoms with Crippen molar-refractivity contribution in [3.05, 3.63) is 0 Å². The fourth-order valence-electron chi connectivity index (χ4n) is 3.48. The number of hydrogen-bond donors (Lipinski definition) is 1. The van der Waals surface area contributed by atoms with Crippen LogP contribution in [-0.2, 0) is 9.84 Å². The number of sulfone groups is 1. The van der Waals surface area contributed by atoms with E-state index in [0.717, 1.165) is 13.0 Å². The Morgan fingerprint density at radius 3 is 2.65 bits per heavy atom. The maximum Gasteiger partial charge on any atom is 0.152 e. The summed E-state index contributed by atoms with van der Waals surface area (Å²) in [7, 11) is -2.87. The average molecular weight is 260 g/mol. The van der Waals surface area contributed by atoms with Gasteiger partial charge in [-0.2, -0.15) is 0 Å². The molecule has 2 aliphatic heterocycles. The van der Waals surface area contributed by atoms with Crippen molar-refractivity contribution >= 4 is 9.84 Å². The second-order valence-corrected chi connectivity index (χ2v) is 8.10. The molecule has 0 saturated carbocycles. The van der Waals surface area contributed by atoms with Gasteiger partial charge in [-0.3, -0.25) is 4.90 Å². The van der Waals surface area contributed by atoms with E-state index in [1.165, 1.54) is 12.8 Å². The number of likely N-dealkylation sites (tertiary alicyclic amines) is 1. The van der Waals surface area contributed by atoms with Crippen LogP contribution >= 0.6 is 0 Å². The van der Waals surface area contributed by atoms with Crippen molar-refractivity contribution in [1.82, 2.24) is 4.90 Å². The molecule has 17 heavy (non-hydrogen) atoms. The smallest absolute Gasteiger partial charge is 0.152 e. The van der Waals surface area contributed by atoms with Gasteiger partial charge in [0, 0.05) is 18.1 Å². The van der Waals surface area contributed by atoms with Crippen molar-refractivity contribution < 1.29 is 8.42 Å². The van der Waals surface area contributed by atoms with Gasteiger partial charge in [-0.05, 0) is 31.7 Å². The lowest BCUT2D eigenvalue weighted by molar-refractivity contribution is 0.0788. The summed E-state index contributed by atoms with van der Waals surface area (Å²) in [6, 6.07) is 0.506. The molecule has 2 fully saturated rings. The third-order valence-electron chi connectivity index (χ3n) is 4.43. The summed E-state index contributed by atoms with van der Waals surface area (Å²) < 4.78 is 23.5. The largest absolute Gasteiger partial charge is 0.329 e. The monoisotopic (exact) mass is 260 g/mol. The van der Waals surface area contributed by atoms with E-state index in [4.69, 9.17) is 5.73 Å². The van der Waals surface area contributed by atoms with Gasteiger partial charge in [-0.15, -0.1) is 0 Å². The first-order valence-electron chi connectivity index (χ1n) is 6.57. The maximum atomic E-state index is 11.8. The van der Waals surface area contributed by atoms with E-state index in [9.17, 15) is 8.42 Å². The quantitative estimate of drug-likeness (QED) is 0.808. The second-order valence-electron chi connectivity index (χ2n) is 5.92. The summed E-state index contributed by atoms with van der Waals surface area (Å²) in [5, 5.41) is 0. The molecule has 4 nitrogen and oxygen atoms in total. The molecule has 2 unspecified atom stereocenters. The molecule has 0 aromatic heterocycles. The first-order chi connectivity index (χ1) is 7.90. The maximum absolute atomic E-state index is 11.8. The van der Waals surface area contributed by atoms with Crippen LogP contribution in [0.1, 0.15) is 33.1 Å². The molecule has 2 aliphatic rings. The third kappa shape index (κ3) is 2.37. The summed E-state index contributed by atoms with van der Waals surface area (Å²) in [5.74, 6) is 1.15. The van der Waals surface area contributed by atoms with Crippen LogP contribution in [0.15, 0.2) is 0 Å². The zero-order valence-corrected chi connectivity index (χ0v) is 11.7. The van der Waals surface area contributed by atoms with Crippen LogP contribution in [0.25, 0.3) is 0 Å². The lowest BCUT2D eigenvalue weighted by Crippen LogP contribution is -2.57. The van der Waals surface area contributed by atoms with Crippen molar-refractivity contribution in [2.75, 3.05) is 24.6 Å². The predicted molar refractivity (Wildman–Crippen MR) is 69.6 cm³/mol. The Bertz CT molecular complexity index is 380. The van der Waals surface area contributed by atoms with Crippen LogP contribution in [0.2, 0.25) is 0 Å². The van der Waals surface area contributed by atoms with Crippen molar-refractivity contribution in [3.63, 3.8) is 0 Å². The second kappa shape index (κ2) is 4.52. The molecule has 0 spiro atoms. The lowest BCUT2D eigenvalue weighted by Gasteiger charge is -2.42. The van der Waals surface area contributed by atoms with Gasteiger partial charge in [-0.1, -0.05) is 13.8 Å². The fourth-order valence-corrected chi connectivity index (χ4v) is 5.56. The standard InChI is InChI=1S/C12H24N2O2S/c1-10(2)11-4-3-6-14(11)12(8-13)5-7-17(15,16)9-12/h10-11H,3-9,13H2,1-2H3. The van der Waals surface area contributed by atoms with Crippen LogP contribution in [0.5, 0.6) is 0 Å². The molecule has 2 saturated heterocycles. The molecule has 0 aromatic rings. The Balaban J connectivity index is 2.24. The minimum Gasteiger partial charge on any atom is -0.329 e. The molecule has 0 aromatic carbocycles. The van der Waals surface area contributed by atoms with E-state index in [1.54, 1.807) is 0 Å². The molecule has 0 aliphatic carbocycles. The molecule has 2 atom stereocenters. The molecule has 5 heteroatoms. The van der Waals surface area contributed by atoms with Gasteiger partial charge in [0.2, 0.25) is 0 Å². The summed E-state index contributed by atoms with van der Waals surface area (Å²) in [4.78, 5) is 2.40. The van der Waals surface area contributed by atoms with Crippen molar-refractivity contribution in [2.45, 2.75) is 44.7 Å². The highest BCUT2D eigenvalue weighted by atomic mass is 32.2. The average Bonchev–Trinajstić information content (AvgIpc) is 2.82. The highest BCUT2D eigenvalue weighted by molar-refractivity contribution is 7.91. The molecule has 0 bridgehead atoms. The predicted octanol–water partition coefficient (Wildman–Crippen LogP) is 0.623. The van der Waals surface area contributed by atoms with Gasteiger partial charge in [-0.25, -0.2) is 8.42 Å². The molecule has 2 N–H and O–H groups in total. The van der Waals surface area contributed by atoms with E-state index in [0.29, 0.717) is 24.3 Å². The summed E-state index contributed by atoms with van der Waals surface area (Å²) in [6.45, 7) is 5.92. The van der Waals surface area contributed by atoms with Gasteiger partial charge in [0.25, 0.3) is 0 Å². The number of rotatable bonds is 3. The number of nitrogens with zero attached hydrogens (tertiary/aromatic N) is 1. The molecule has 2 heterocycles. The Morgan fingerprint density at radius 1 is 1.47 bits per heavy atom. The molecular formula is C12H24N2O2S. The molecular weight excluding hydrogens is 236 g/mol. The summed E-state index contributed by atoms with van der Waals surface area (Å²) in [5.41, 5.74) is 5.65. The Labute approximate surface area is 104 Å². The normalized spacial score (nSPS) is 38.0. The lowest BCUT2D eigenvalue weighted by atomic mass is 9.92. The zero-order valence-electron chi connectivity index (χ0n) is 10.9. The van der Waals surface area contributed by atoms with Gasteiger partial charge in [0.1, 0.15) is 0 Å². The minimum absolute atomic E-state index is 0.264. The topological polar surface area (TPSA) is 63.4 Å². The minimum atomic E-state index is -2.87. The fraction of sp³-hybridized carbons (Fsp3) is 1.00. The summed E-state index contributed by atoms with van der Waals surface area (Å²) in [6.07, 6.45) is 3.07. The number of nitrogens with two attached hydrogens (primary N) is 1. The molecule has 2 rings (SSSR count). The zero-order chi connectivity index (χ0) is 12.7. The van der Waals surface area contributed by atoms with Gasteiger partial charge in [0.15, 0.2) is 9.84 Å². The SMILES string of the molecule is CC(C)C1CCCN1C1(CN)CCS(=O)(=O)C1. The Hall–Kier alpha value is -0.130. The van der Waals surface area contributed by atoms with E-state index < -0.39 is 9.84 Å². The molecule has 0 amide bonds. The molecule has 100 valence electrons. The van der Waals surface area contributed by atoms with Crippen LogP contribution in [0, 0.1) is 5.92 Å². The van der Waals surface area contributed by atoms with Gasteiger partial charge < -0.3 is 5.73 Å². The van der Waals surface area contributed by atoms with Crippen molar-refractivity contribution in [1.29, 1.82) is 0 Å². The van der Waals surface area contributed by atoms with Crippen LogP contribution < -0.4 is 5.73 Å². The Morgan fingerprint density at radius 2 is 2.18 bits per heavy atom. The van der Waals surface area contributed by atoms with Gasteiger partial charge >= 0.3 is 0 Å². The van der Waals surface area contributed by atoms with Gasteiger partial charge in [0.05, 0.1) is 11.5 Å². The van der Waals surface area contributed by atoms with E-state index >= 15 is 0 Å². The first kappa shape index (κ1) is 13.3. The van der Waals surface area contributed by atoms with E-state index in [1.807, 2.05) is 0 Å². The van der Waals surface area contributed by atoms with Crippen LogP contribution in [0.3, 0.4) is 0 Å². The highest BCUT2D eigenvalue weighted by Crippen LogP contribution is 2.37. The number of hydrogen-bond acceptors (Lipinski definition) is 4. The summed E-state index contributed by atoms with van der Waals surface area (Å²) >= 11 is 0. The van der Waals surface area contributed by atoms with Crippen LogP contribution in [0.4, 0.5) is 0 Å².